The van der Waals surface area contributed by atoms with Crippen molar-refractivity contribution in [3.63, 3.8) is 0 Å². The molecule has 0 spiro atoms. The van der Waals surface area contributed by atoms with Crippen molar-refractivity contribution in [2.45, 2.75) is 20.0 Å². The summed E-state index contributed by atoms with van der Waals surface area (Å²) in [5.74, 6) is 2.11. The summed E-state index contributed by atoms with van der Waals surface area (Å²) in [6.07, 6.45) is 0.0578. The Morgan fingerprint density at radius 2 is 1.42 bits per heavy atom. The Kier molecular flexibility index (Phi) is 8.17. The number of amides is 1. The molecule has 0 aliphatic heterocycles. The van der Waals surface area contributed by atoms with Gasteiger partial charge in [-0.15, -0.1) is 0 Å². The van der Waals surface area contributed by atoms with Crippen LogP contribution in [0.15, 0.2) is 78.9 Å². The highest BCUT2D eigenvalue weighted by Crippen LogP contribution is 2.24. The third-order valence-electron chi connectivity index (χ3n) is 4.19. The van der Waals surface area contributed by atoms with E-state index >= 15 is 0 Å². The second-order valence-corrected chi connectivity index (χ2v) is 7.10. The SMILES string of the molecule is CC(C)Oc1ccccc1NCC(=O)Nc1ccc(OCCOc2ccccc2)cc1. The van der Waals surface area contributed by atoms with E-state index in [1.807, 2.05) is 80.6 Å². The van der Waals surface area contributed by atoms with E-state index < -0.39 is 0 Å². The van der Waals surface area contributed by atoms with Crippen molar-refractivity contribution in [2.24, 2.45) is 0 Å². The Balaban J connectivity index is 1.41. The van der Waals surface area contributed by atoms with Gasteiger partial charge in [-0.1, -0.05) is 30.3 Å². The van der Waals surface area contributed by atoms with Gasteiger partial charge in [0, 0.05) is 5.69 Å². The minimum atomic E-state index is -0.149. The van der Waals surface area contributed by atoms with Crippen LogP contribution in [0.1, 0.15) is 13.8 Å². The molecule has 0 saturated heterocycles. The van der Waals surface area contributed by atoms with Crippen molar-refractivity contribution >= 4 is 17.3 Å². The molecule has 1 amide bonds. The van der Waals surface area contributed by atoms with Crippen LogP contribution in [-0.2, 0) is 4.79 Å². The molecule has 0 heterocycles. The molecular weight excluding hydrogens is 392 g/mol. The summed E-state index contributed by atoms with van der Waals surface area (Å²) in [4.78, 5) is 12.3. The molecule has 31 heavy (non-hydrogen) atoms. The summed E-state index contributed by atoms with van der Waals surface area (Å²) < 4.78 is 17.0. The Hall–Kier alpha value is -3.67. The number of carbonyl (C=O) groups excluding carboxylic acids is 1. The van der Waals surface area contributed by atoms with Crippen LogP contribution in [0.5, 0.6) is 17.2 Å². The number of nitrogens with one attached hydrogen (secondary N) is 2. The lowest BCUT2D eigenvalue weighted by atomic mass is 10.2. The first-order chi connectivity index (χ1) is 15.1. The largest absolute Gasteiger partial charge is 0.490 e. The zero-order valence-corrected chi connectivity index (χ0v) is 17.8. The van der Waals surface area contributed by atoms with Gasteiger partial charge < -0.3 is 24.8 Å². The summed E-state index contributed by atoms with van der Waals surface area (Å²) in [6, 6.07) is 24.4. The minimum absolute atomic E-state index is 0.0578. The number of anilines is 2. The van der Waals surface area contributed by atoms with Gasteiger partial charge in [0.25, 0.3) is 0 Å². The molecule has 0 atom stereocenters. The number of benzene rings is 3. The first kappa shape index (κ1) is 22.0. The number of hydrogen-bond acceptors (Lipinski definition) is 5. The molecule has 162 valence electrons. The van der Waals surface area contributed by atoms with E-state index in [0.717, 1.165) is 17.2 Å². The van der Waals surface area contributed by atoms with Gasteiger partial charge in [0.15, 0.2) is 0 Å². The maximum Gasteiger partial charge on any atom is 0.243 e. The smallest absolute Gasteiger partial charge is 0.243 e. The number of hydrogen-bond donors (Lipinski definition) is 2. The molecule has 3 aromatic rings. The van der Waals surface area contributed by atoms with E-state index in [-0.39, 0.29) is 18.6 Å². The van der Waals surface area contributed by atoms with E-state index in [1.54, 1.807) is 12.1 Å². The van der Waals surface area contributed by atoms with Gasteiger partial charge in [0.05, 0.1) is 18.3 Å². The maximum absolute atomic E-state index is 12.3. The molecular formula is C25H28N2O4. The molecule has 3 rings (SSSR count). The van der Waals surface area contributed by atoms with Crippen LogP contribution < -0.4 is 24.8 Å². The Bertz CT molecular complexity index is 943. The zero-order chi connectivity index (χ0) is 21.9. The van der Waals surface area contributed by atoms with Crippen molar-refractivity contribution in [3.05, 3.63) is 78.9 Å². The van der Waals surface area contributed by atoms with Crippen LogP contribution in [0.3, 0.4) is 0 Å². The molecule has 0 saturated carbocycles. The van der Waals surface area contributed by atoms with Gasteiger partial charge in [-0.25, -0.2) is 0 Å². The topological polar surface area (TPSA) is 68.8 Å². The quantitative estimate of drug-likeness (QED) is 0.428. The van der Waals surface area contributed by atoms with Crippen molar-refractivity contribution in [3.8, 4) is 17.2 Å². The number of carbonyl (C=O) groups is 1. The Morgan fingerprint density at radius 3 is 2.10 bits per heavy atom. The lowest BCUT2D eigenvalue weighted by molar-refractivity contribution is -0.114. The van der Waals surface area contributed by atoms with E-state index in [1.165, 1.54) is 0 Å². The number of ether oxygens (including phenoxy) is 3. The molecule has 3 aromatic carbocycles. The van der Waals surface area contributed by atoms with E-state index in [2.05, 4.69) is 10.6 Å². The van der Waals surface area contributed by atoms with E-state index in [4.69, 9.17) is 14.2 Å². The summed E-state index contributed by atoms with van der Waals surface area (Å²) in [6.45, 7) is 4.95. The van der Waals surface area contributed by atoms with Gasteiger partial charge in [0.1, 0.15) is 30.5 Å². The zero-order valence-electron chi connectivity index (χ0n) is 17.8. The maximum atomic E-state index is 12.3. The summed E-state index contributed by atoms with van der Waals surface area (Å²) in [5, 5.41) is 5.99. The van der Waals surface area contributed by atoms with Gasteiger partial charge in [-0.3, -0.25) is 4.79 Å². The average Bonchev–Trinajstić information content (AvgIpc) is 2.77. The van der Waals surface area contributed by atoms with Gasteiger partial charge in [-0.2, -0.15) is 0 Å². The fourth-order valence-corrected chi connectivity index (χ4v) is 2.82. The van der Waals surface area contributed by atoms with E-state index in [0.29, 0.717) is 24.7 Å². The second kappa shape index (κ2) is 11.5. The Labute approximate surface area is 183 Å². The minimum Gasteiger partial charge on any atom is -0.490 e. The molecule has 6 heteroatoms. The van der Waals surface area contributed by atoms with Crippen molar-refractivity contribution in [1.29, 1.82) is 0 Å². The summed E-state index contributed by atoms with van der Waals surface area (Å²) in [7, 11) is 0. The third kappa shape index (κ3) is 7.59. The van der Waals surface area contributed by atoms with Crippen molar-refractivity contribution < 1.29 is 19.0 Å². The Morgan fingerprint density at radius 1 is 0.806 bits per heavy atom. The van der Waals surface area contributed by atoms with Crippen LogP contribution in [0.4, 0.5) is 11.4 Å². The number of para-hydroxylation sites is 3. The average molecular weight is 421 g/mol. The molecule has 0 aliphatic rings. The van der Waals surface area contributed by atoms with Crippen LogP contribution in [0, 0.1) is 0 Å². The monoisotopic (exact) mass is 420 g/mol. The fraction of sp³-hybridized carbons (Fsp3) is 0.240. The predicted octanol–water partition coefficient (Wildman–Crippen LogP) is 4.98. The standard InChI is InChI=1S/C25H28N2O4/c1-19(2)31-24-11-7-6-10-23(24)26-18-25(28)27-20-12-14-22(15-13-20)30-17-16-29-21-8-4-3-5-9-21/h3-15,19,26H,16-18H2,1-2H3,(H,27,28). The fourth-order valence-electron chi connectivity index (χ4n) is 2.82. The van der Waals surface area contributed by atoms with Crippen LogP contribution >= 0.6 is 0 Å². The molecule has 0 aromatic heterocycles. The predicted molar refractivity (Wildman–Crippen MR) is 123 cm³/mol. The normalized spacial score (nSPS) is 10.4. The lowest BCUT2D eigenvalue weighted by Gasteiger charge is -2.15. The van der Waals surface area contributed by atoms with Crippen LogP contribution in [0.2, 0.25) is 0 Å². The first-order valence-corrected chi connectivity index (χ1v) is 10.3. The first-order valence-electron chi connectivity index (χ1n) is 10.3. The van der Waals surface area contributed by atoms with Gasteiger partial charge >= 0.3 is 0 Å². The molecule has 0 fully saturated rings. The highest BCUT2D eigenvalue weighted by atomic mass is 16.5. The second-order valence-electron chi connectivity index (χ2n) is 7.10. The van der Waals surface area contributed by atoms with Crippen LogP contribution in [-0.4, -0.2) is 31.8 Å². The molecule has 6 nitrogen and oxygen atoms in total. The summed E-state index contributed by atoms with van der Waals surface area (Å²) in [5.41, 5.74) is 1.49. The molecule has 0 bridgehead atoms. The molecule has 0 radical (unpaired) electrons. The van der Waals surface area contributed by atoms with Gasteiger partial charge in [0.2, 0.25) is 5.91 Å². The molecule has 0 aliphatic carbocycles. The van der Waals surface area contributed by atoms with Crippen molar-refractivity contribution in [2.75, 3.05) is 30.4 Å². The third-order valence-corrected chi connectivity index (χ3v) is 4.19. The molecule has 2 N–H and O–H groups in total. The molecule has 0 unspecified atom stereocenters. The van der Waals surface area contributed by atoms with Gasteiger partial charge in [-0.05, 0) is 62.4 Å². The number of rotatable bonds is 11. The van der Waals surface area contributed by atoms with Crippen LogP contribution in [0.25, 0.3) is 0 Å². The lowest BCUT2D eigenvalue weighted by Crippen LogP contribution is -2.22. The highest BCUT2D eigenvalue weighted by Gasteiger charge is 2.07. The summed E-state index contributed by atoms with van der Waals surface area (Å²) >= 11 is 0. The highest BCUT2D eigenvalue weighted by molar-refractivity contribution is 5.94. The van der Waals surface area contributed by atoms with E-state index in [9.17, 15) is 4.79 Å². The van der Waals surface area contributed by atoms with Crippen molar-refractivity contribution in [1.82, 2.24) is 0 Å².